The Labute approximate surface area is 122 Å². The van der Waals surface area contributed by atoms with Crippen molar-refractivity contribution >= 4 is 28.2 Å². The highest BCUT2D eigenvalue weighted by atomic mass is 35.5. The molecule has 3 nitrogen and oxygen atoms in total. The standard InChI is InChI=1S/C15H18ClFN2O/c1-9(2)7-10(20)8-19-13-4-3-11-12(16)5-6-18-15(11)14(13)17/h3-6,9-10,19-20H,7-8H2,1-2H3. The quantitative estimate of drug-likeness (QED) is 0.881. The van der Waals surface area contributed by atoms with Gasteiger partial charge in [0.2, 0.25) is 0 Å². The normalized spacial score (nSPS) is 12.9. The van der Waals surface area contributed by atoms with Gasteiger partial charge in [-0.25, -0.2) is 4.39 Å². The van der Waals surface area contributed by atoms with Gasteiger partial charge in [-0.3, -0.25) is 4.98 Å². The molecule has 1 unspecified atom stereocenters. The van der Waals surface area contributed by atoms with Crippen molar-refractivity contribution in [2.75, 3.05) is 11.9 Å². The number of hydrogen-bond acceptors (Lipinski definition) is 3. The number of halogens is 2. The minimum absolute atomic E-state index is 0.237. The first-order valence-electron chi connectivity index (χ1n) is 6.63. The number of pyridine rings is 1. The minimum Gasteiger partial charge on any atom is -0.391 e. The lowest BCUT2D eigenvalue weighted by Gasteiger charge is -2.15. The zero-order valence-corrected chi connectivity index (χ0v) is 12.3. The summed E-state index contributed by atoms with van der Waals surface area (Å²) in [5, 5.41) is 13.8. The van der Waals surface area contributed by atoms with E-state index in [1.165, 1.54) is 6.20 Å². The molecule has 1 atom stereocenters. The predicted octanol–water partition coefficient (Wildman–Crippen LogP) is 3.85. The lowest BCUT2D eigenvalue weighted by molar-refractivity contribution is 0.161. The van der Waals surface area contributed by atoms with Crippen LogP contribution >= 0.6 is 11.6 Å². The van der Waals surface area contributed by atoms with Gasteiger partial charge in [-0.1, -0.05) is 25.4 Å². The Morgan fingerprint density at radius 2 is 2.10 bits per heavy atom. The fourth-order valence-corrected chi connectivity index (χ4v) is 2.35. The van der Waals surface area contributed by atoms with E-state index in [9.17, 15) is 9.50 Å². The molecule has 5 heteroatoms. The fourth-order valence-electron chi connectivity index (χ4n) is 2.14. The van der Waals surface area contributed by atoms with Crippen molar-refractivity contribution in [1.82, 2.24) is 4.98 Å². The highest BCUT2D eigenvalue weighted by molar-refractivity contribution is 6.35. The van der Waals surface area contributed by atoms with Crippen molar-refractivity contribution in [3.63, 3.8) is 0 Å². The van der Waals surface area contributed by atoms with Crippen LogP contribution in [-0.4, -0.2) is 22.7 Å². The van der Waals surface area contributed by atoms with Gasteiger partial charge in [-0.2, -0.15) is 0 Å². The number of aliphatic hydroxyl groups is 1. The maximum atomic E-state index is 14.3. The van der Waals surface area contributed by atoms with E-state index in [2.05, 4.69) is 10.3 Å². The molecule has 1 aromatic carbocycles. The van der Waals surface area contributed by atoms with Gasteiger partial charge in [0.25, 0.3) is 0 Å². The monoisotopic (exact) mass is 296 g/mol. The summed E-state index contributed by atoms with van der Waals surface area (Å²) in [4.78, 5) is 4.02. The summed E-state index contributed by atoms with van der Waals surface area (Å²) in [7, 11) is 0. The molecule has 0 saturated heterocycles. The molecule has 0 bridgehead atoms. The molecule has 2 N–H and O–H groups in total. The van der Waals surface area contributed by atoms with Crippen LogP contribution in [0.2, 0.25) is 5.02 Å². The average Bonchev–Trinajstić information content (AvgIpc) is 2.38. The number of nitrogens with one attached hydrogen (secondary N) is 1. The molecule has 2 rings (SSSR count). The van der Waals surface area contributed by atoms with Crippen molar-refractivity contribution in [2.45, 2.75) is 26.4 Å². The number of aromatic nitrogens is 1. The van der Waals surface area contributed by atoms with Crippen molar-refractivity contribution in [2.24, 2.45) is 5.92 Å². The van der Waals surface area contributed by atoms with Crippen LogP contribution in [0.15, 0.2) is 24.4 Å². The molecular formula is C15H18ClFN2O. The Morgan fingerprint density at radius 3 is 2.80 bits per heavy atom. The third-order valence-electron chi connectivity index (χ3n) is 3.07. The molecule has 0 amide bonds. The van der Waals surface area contributed by atoms with Gasteiger partial charge in [-0.05, 0) is 30.5 Å². The average molecular weight is 297 g/mol. The molecular weight excluding hydrogens is 279 g/mol. The van der Waals surface area contributed by atoms with E-state index in [1.54, 1.807) is 18.2 Å². The van der Waals surface area contributed by atoms with Crippen LogP contribution in [0.25, 0.3) is 10.9 Å². The smallest absolute Gasteiger partial charge is 0.172 e. The topological polar surface area (TPSA) is 45.1 Å². The lowest BCUT2D eigenvalue weighted by Crippen LogP contribution is -2.21. The third-order valence-corrected chi connectivity index (χ3v) is 3.40. The van der Waals surface area contributed by atoms with Crippen LogP contribution in [0, 0.1) is 11.7 Å². The second-order valence-electron chi connectivity index (χ2n) is 5.28. The molecule has 1 aromatic heterocycles. The zero-order valence-electron chi connectivity index (χ0n) is 11.5. The van der Waals surface area contributed by atoms with Crippen molar-refractivity contribution in [1.29, 1.82) is 0 Å². The van der Waals surface area contributed by atoms with Crippen LogP contribution < -0.4 is 5.32 Å². The molecule has 108 valence electrons. The first-order valence-corrected chi connectivity index (χ1v) is 7.01. The predicted molar refractivity (Wildman–Crippen MR) is 80.7 cm³/mol. The van der Waals surface area contributed by atoms with E-state index in [-0.39, 0.29) is 5.52 Å². The Balaban J connectivity index is 2.17. The molecule has 2 aromatic rings. The van der Waals surface area contributed by atoms with Crippen LogP contribution in [0.5, 0.6) is 0 Å². The number of benzene rings is 1. The Morgan fingerprint density at radius 1 is 1.35 bits per heavy atom. The minimum atomic E-state index is -0.502. The van der Waals surface area contributed by atoms with E-state index in [4.69, 9.17) is 11.6 Å². The molecule has 20 heavy (non-hydrogen) atoms. The summed E-state index contributed by atoms with van der Waals surface area (Å²) in [6, 6.07) is 4.97. The molecule has 0 fully saturated rings. The number of hydrogen-bond donors (Lipinski definition) is 2. The van der Waals surface area contributed by atoms with Gasteiger partial charge < -0.3 is 10.4 Å². The third kappa shape index (κ3) is 3.38. The number of nitrogens with zero attached hydrogens (tertiary/aromatic N) is 1. The molecule has 0 aliphatic carbocycles. The summed E-state index contributed by atoms with van der Waals surface area (Å²) in [5.74, 6) is -0.0459. The van der Waals surface area contributed by atoms with Crippen molar-refractivity contribution in [3.8, 4) is 0 Å². The van der Waals surface area contributed by atoms with Gasteiger partial charge in [0.05, 0.1) is 16.8 Å². The maximum absolute atomic E-state index is 14.3. The highest BCUT2D eigenvalue weighted by Crippen LogP contribution is 2.27. The largest absolute Gasteiger partial charge is 0.391 e. The maximum Gasteiger partial charge on any atom is 0.172 e. The molecule has 1 heterocycles. The van der Waals surface area contributed by atoms with E-state index < -0.39 is 11.9 Å². The number of fused-ring (bicyclic) bond motifs is 1. The van der Waals surface area contributed by atoms with E-state index in [0.717, 1.165) is 0 Å². The molecule has 0 spiro atoms. The fraction of sp³-hybridized carbons (Fsp3) is 0.400. The van der Waals surface area contributed by atoms with E-state index in [1.807, 2.05) is 13.8 Å². The first-order chi connectivity index (χ1) is 9.49. The second kappa shape index (κ2) is 6.37. The number of anilines is 1. The van der Waals surface area contributed by atoms with Gasteiger partial charge in [0, 0.05) is 18.1 Å². The summed E-state index contributed by atoms with van der Waals surface area (Å²) >= 11 is 6.00. The second-order valence-corrected chi connectivity index (χ2v) is 5.69. The molecule has 0 aliphatic heterocycles. The Bertz CT molecular complexity index is 604. The van der Waals surface area contributed by atoms with E-state index >= 15 is 0 Å². The SMILES string of the molecule is CC(C)CC(O)CNc1ccc2c(Cl)ccnc2c1F. The van der Waals surface area contributed by atoms with E-state index in [0.29, 0.717) is 35.0 Å². The van der Waals surface area contributed by atoms with Crippen LogP contribution in [0.4, 0.5) is 10.1 Å². The van der Waals surface area contributed by atoms with Crippen LogP contribution in [0.3, 0.4) is 0 Å². The number of aliphatic hydroxyl groups excluding tert-OH is 1. The summed E-state index contributed by atoms with van der Waals surface area (Å²) < 4.78 is 14.3. The van der Waals surface area contributed by atoms with Gasteiger partial charge in [-0.15, -0.1) is 0 Å². The van der Waals surface area contributed by atoms with Gasteiger partial charge in [0.15, 0.2) is 5.82 Å². The van der Waals surface area contributed by atoms with Crippen molar-refractivity contribution in [3.05, 3.63) is 35.2 Å². The summed E-state index contributed by atoms with van der Waals surface area (Å²) in [6.45, 7) is 4.37. The van der Waals surface area contributed by atoms with Gasteiger partial charge in [0.1, 0.15) is 5.52 Å². The van der Waals surface area contributed by atoms with Gasteiger partial charge >= 0.3 is 0 Å². The van der Waals surface area contributed by atoms with Crippen LogP contribution in [0.1, 0.15) is 20.3 Å². The summed E-state index contributed by atoms with van der Waals surface area (Å²) in [6.07, 6.45) is 1.65. The lowest BCUT2D eigenvalue weighted by atomic mass is 10.1. The Kier molecular flexibility index (Phi) is 4.78. The first kappa shape index (κ1) is 15.0. The molecule has 0 aliphatic rings. The van der Waals surface area contributed by atoms with Crippen LogP contribution in [-0.2, 0) is 0 Å². The molecule has 0 radical (unpaired) electrons. The molecule has 0 saturated carbocycles. The highest BCUT2D eigenvalue weighted by Gasteiger charge is 2.12. The van der Waals surface area contributed by atoms with Crippen molar-refractivity contribution < 1.29 is 9.50 Å². The Hall–Kier alpha value is -1.39. The number of rotatable bonds is 5. The zero-order chi connectivity index (χ0) is 14.7. The summed E-state index contributed by atoms with van der Waals surface area (Å²) in [5.41, 5.74) is 0.566.